The number of benzene rings is 1. The fraction of sp³-hybridized carbons (Fsp3) is 0.200. The second-order valence-electron chi connectivity index (χ2n) is 6.82. The lowest BCUT2D eigenvalue weighted by Crippen LogP contribution is -2.23. The van der Waals surface area contributed by atoms with Gasteiger partial charge in [0, 0.05) is 38.3 Å². The van der Waals surface area contributed by atoms with Gasteiger partial charge in [0.1, 0.15) is 6.33 Å². The van der Waals surface area contributed by atoms with Crippen LogP contribution in [-0.2, 0) is 17.1 Å². The van der Waals surface area contributed by atoms with E-state index in [1.54, 1.807) is 12.1 Å². The number of likely N-dealkylation sites (N-methyl/N-ethyl adjacent to an activating group) is 1. The van der Waals surface area contributed by atoms with Gasteiger partial charge in [-0.15, -0.1) is 5.10 Å². The molecule has 0 bridgehead atoms. The predicted molar refractivity (Wildman–Crippen MR) is 103 cm³/mol. The number of halogens is 6. The van der Waals surface area contributed by atoms with Crippen LogP contribution in [0.15, 0.2) is 49.1 Å². The molecular formula is C20H15F6N5O. The molecule has 0 aliphatic rings. The molecule has 0 radical (unpaired) electrons. The monoisotopic (exact) mass is 455 g/mol. The number of alkyl halides is 6. The maximum absolute atomic E-state index is 13.1. The Hall–Kier alpha value is -3.70. The Labute approximate surface area is 177 Å². The molecule has 0 saturated heterocycles. The van der Waals surface area contributed by atoms with Crippen LogP contribution in [0.4, 0.5) is 26.3 Å². The van der Waals surface area contributed by atoms with Crippen molar-refractivity contribution in [3.05, 3.63) is 65.7 Å². The fourth-order valence-electron chi connectivity index (χ4n) is 2.71. The second kappa shape index (κ2) is 8.44. The molecule has 1 amide bonds. The van der Waals surface area contributed by atoms with Gasteiger partial charge in [-0.1, -0.05) is 0 Å². The first-order chi connectivity index (χ1) is 14.9. The number of nitrogens with zero attached hydrogens (tertiary/aromatic N) is 5. The highest BCUT2D eigenvalue weighted by Crippen LogP contribution is 2.38. The summed E-state index contributed by atoms with van der Waals surface area (Å²) in [5.41, 5.74) is -2.78. The van der Waals surface area contributed by atoms with Crippen molar-refractivity contribution in [1.82, 2.24) is 24.6 Å². The molecule has 168 valence electrons. The summed E-state index contributed by atoms with van der Waals surface area (Å²) in [6.07, 6.45) is -4.73. The van der Waals surface area contributed by atoms with Crippen molar-refractivity contribution in [2.75, 3.05) is 14.1 Å². The molecule has 0 saturated carbocycles. The summed E-state index contributed by atoms with van der Waals surface area (Å²) in [7, 11) is 3.04. The minimum absolute atomic E-state index is 0.0255. The van der Waals surface area contributed by atoms with Crippen molar-refractivity contribution in [2.45, 2.75) is 12.4 Å². The fourth-order valence-corrected chi connectivity index (χ4v) is 2.71. The summed E-state index contributed by atoms with van der Waals surface area (Å²) >= 11 is 0. The molecule has 3 aromatic rings. The topological polar surface area (TPSA) is 63.9 Å². The van der Waals surface area contributed by atoms with Crippen molar-refractivity contribution in [2.24, 2.45) is 0 Å². The predicted octanol–water partition coefficient (Wildman–Crippen LogP) is 4.46. The largest absolute Gasteiger partial charge is 0.416 e. The van der Waals surface area contributed by atoms with Crippen LogP contribution >= 0.6 is 0 Å². The lowest BCUT2D eigenvalue weighted by atomic mass is 10.0. The third-order valence-electron chi connectivity index (χ3n) is 4.24. The molecule has 32 heavy (non-hydrogen) atoms. The molecule has 0 aliphatic heterocycles. The maximum atomic E-state index is 13.1. The first-order valence-electron chi connectivity index (χ1n) is 8.91. The lowest BCUT2D eigenvalue weighted by Gasteiger charge is -2.13. The Morgan fingerprint density at radius 3 is 2.03 bits per heavy atom. The Bertz CT molecular complexity index is 1120. The van der Waals surface area contributed by atoms with E-state index >= 15 is 0 Å². The normalized spacial score (nSPS) is 12.7. The minimum atomic E-state index is -4.99. The van der Waals surface area contributed by atoms with Gasteiger partial charge < -0.3 is 4.90 Å². The molecule has 0 unspecified atom stereocenters. The molecule has 12 heteroatoms. The van der Waals surface area contributed by atoms with Crippen LogP contribution in [0.3, 0.4) is 0 Å². The quantitative estimate of drug-likeness (QED) is 0.431. The van der Waals surface area contributed by atoms with Crippen molar-refractivity contribution in [3.63, 3.8) is 0 Å². The average Bonchev–Trinajstić information content (AvgIpc) is 3.19. The van der Waals surface area contributed by atoms with Crippen molar-refractivity contribution in [3.8, 4) is 11.4 Å². The Kier molecular flexibility index (Phi) is 6.06. The van der Waals surface area contributed by atoms with Crippen LogP contribution in [0.2, 0.25) is 0 Å². The van der Waals surface area contributed by atoms with Crippen LogP contribution in [0.5, 0.6) is 0 Å². The number of carbonyl (C=O) groups is 1. The van der Waals surface area contributed by atoms with Gasteiger partial charge in [-0.05, 0) is 35.9 Å². The van der Waals surface area contributed by atoms with E-state index in [0.717, 1.165) is 11.0 Å². The first-order valence-corrected chi connectivity index (χ1v) is 8.91. The lowest BCUT2D eigenvalue weighted by molar-refractivity contribution is -0.143. The number of pyridine rings is 1. The van der Waals surface area contributed by atoms with E-state index in [4.69, 9.17) is 0 Å². The van der Waals surface area contributed by atoms with Gasteiger partial charge in [0.15, 0.2) is 5.82 Å². The Balaban J connectivity index is 2.08. The summed E-state index contributed by atoms with van der Waals surface area (Å²) in [4.78, 5) is 21.5. The van der Waals surface area contributed by atoms with Gasteiger partial charge in [0.05, 0.1) is 16.7 Å². The highest BCUT2D eigenvalue weighted by atomic mass is 19.4. The molecule has 0 spiro atoms. The Morgan fingerprint density at radius 2 is 1.53 bits per heavy atom. The molecule has 0 fully saturated rings. The SMILES string of the molecule is CN(C)C(=O)/C(=C/n1cnc(-c2cc(C(F)(F)F)cc(C(F)(F)F)c2)n1)c1ccncc1. The number of hydrogen-bond donors (Lipinski definition) is 0. The van der Waals surface area contributed by atoms with Crippen LogP contribution in [0.25, 0.3) is 23.2 Å². The molecule has 3 rings (SSSR count). The van der Waals surface area contributed by atoms with Crippen LogP contribution in [-0.4, -0.2) is 44.7 Å². The molecule has 0 N–H and O–H groups in total. The van der Waals surface area contributed by atoms with Crippen molar-refractivity contribution >= 4 is 17.7 Å². The minimum Gasteiger partial charge on any atom is -0.345 e. The molecule has 2 aromatic heterocycles. The second-order valence-corrected chi connectivity index (χ2v) is 6.82. The van der Waals surface area contributed by atoms with Crippen LogP contribution in [0.1, 0.15) is 16.7 Å². The van der Waals surface area contributed by atoms with E-state index < -0.39 is 35.0 Å². The number of amides is 1. The third kappa shape index (κ3) is 5.13. The van der Waals surface area contributed by atoms with Gasteiger partial charge in [-0.25, -0.2) is 9.67 Å². The van der Waals surface area contributed by atoms with Gasteiger partial charge in [0.2, 0.25) is 0 Å². The van der Waals surface area contributed by atoms with E-state index in [2.05, 4.69) is 15.1 Å². The third-order valence-corrected chi connectivity index (χ3v) is 4.24. The zero-order valence-corrected chi connectivity index (χ0v) is 16.6. The van der Waals surface area contributed by atoms with Gasteiger partial charge in [-0.3, -0.25) is 9.78 Å². The number of rotatable bonds is 4. The van der Waals surface area contributed by atoms with E-state index in [9.17, 15) is 31.1 Å². The standard InChI is InChI=1S/C20H15F6N5O/c1-30(2)18(32)16(12-3-5-27-6-4-12)10-31-11-28-17(29-31)13-7-14(19(21,22)23)9-15(8-13)20(24,25)26/h3-11H,1-2H3/b16-10+. The van der Waals surface area contributed by atoms with E-state index in [1.165, 1.54) is 37.6 Å². The number of hydrogen-bond acceptors (Lipinski definition) is 4. The molecule has 6 nitrogen and oxygen atoms in total. The number of carbonyl (C=O) groups excluding carboxylic acids is 1. The van der Waals surface area contributed by atoms with E-state index in [-0.39, 0.29) is 17.5 Å². The Morgan fingerprint density at radius 1 is 0.969 bits per heavy atom. The molecule has 0 atom stereocenters. The maximum Gasteiger partial charge on any atom is 0.416 e. The smallest absolute Gasteiger partial charge is 0.345 e. The molecular weight excluding hydrogens is 440 g/mol. The highest BCUT2D eigenvalue weighted by Gasteiger charge is 2.37. The summed E-state index contributed by atoms with van der Waals surface area (Å²) < 4.78 is 79.7. The average molecular weight is 455 g/mol. The van der Waals surface area contributed by atoms with Gasteiger partial charge >= 0.3 is 12.4 Å². The molecule has 0 aliphatic carbocycles. The highest BCUT2D eigenvalue weighted by molar-refractivity contribution is 6.22. The molecule has 1 aromatic carbocycles. The van der Waals surface area contributed by atoms with E-state index in [0.29, 0.717) is 17.7 Å². The van der Waals surface area contributed by atoms with Gasteiger partial charge in [-0.2, -0.15) is 26.3 Å². The van der Waals surface area contributed by atoms with E-state index in [1.807, 2.05) is 0 Å². The van der Waals surface area contributed by atoms with Gasteiger partial charge in [0.25, 0.3) is 5.91 Å². The van der Waals surface area contributed by atoms with Crippen LogP contribution < -0.4 is 0 Å². The first kappa shape index (κ1) is 23.0. The number of aromatic nitrogens is 4. The zero-order valence-electron chi connectivity index (χ0n) is 16.6. The van der Waals surface area contributed by atoms with Crippen molar-refractivity contribution < 1.29 is 31.1 Å². The zero-order chi connectivity index (χ0) is 23.7. The molecule has 2 heterocycles. The summed E-state index contributed by atoms with van der Waals surface area (Å²) in [6, 6.07) is 4.22. The summed E-state index contributed by atoms with van der Waals surface area (Å²) in [5, 5.41) is 3.94. The van der Waals surface area contributed by atoms with Crippen molar-refractivity contribution in [1.29, 1.82) is 0 Å². The summed E-state index contributed by atoms with van der Waals surface area (Å²) in [6.45, 7) is 0. The van der Waals surface area contributed by atoms with Crippen LogP contribution in [0, 0.1) is 0 Å². The summed E-state index contributed by atoms with van der Waals surface area (Å²) in [5.74, 6) is -0.782.